The van der Waals surface area contributed by atoms with Gasteiger partial charge in [0.05, 0.1) is 5.39 Å². The van der Waals surface area contributed by atoms with Crippen LogP contribution in [-0.2, 0) is 11.2 Å². The Hall–Kier alpha value is -1.73. The number of carbonyl (C=O) groups is 1. The number of fused-ring (bicyclic) bond motifs is 2. The van der Waals surface area contributed by atoms with Crippen molar-refractivity contribution in [1.29, 1.82) is 0 Å². The quantitative estimate of drug-likeness (QED) is 0.861. The second-order valence-electron chi connectivity index (χ2n) is 7.61. The van der Waals surface area contributed by atoms with Crippen LogP contribution in [0.1, 0.15) is 35.5 Å². The monoisotopic (exact) mass is 374 g/mol. The summed E-state index contributed by atoms with van der Waals surface area (Å²) in [5.41, 5.74) is 0.917. The van der Waals surface area contributed by atoms with Crippen molar-refractivity contribution in [2.24, 2.45) is 11.8 Å². The van der Waals surface area contributed by atoms with Gasteiger partial charge in [-0.1, -0.05) is 0 Å². The van der Waals surface area contributed by atoms with E-state index in [1.54, 1.807) is 11.3 Å². The van der Waals surface area contributed by atoms with Crippen LogP contribution >= 0.6 is 11.3 Å². The van der Waals surface area contributed by atoms with Gasteiger partial charge in [-0.3, -0.25) is 9.59 Å². The topological polar surface area (TPSA) is 78.1 Å². The van der Waals surface area contributed by atoms with E-state index in [2.05, 4.69) is 15.3 Å². The molecule has 2 aliphatic rings. The second-order valence-corrected chi connectivity index (χ2v) is 8.82. The van der Waals surface area contributed by atoms with Crippen LogP contribution in [0.4, 0.5) is 0 Å². The fraction of sp³-hybridized carbons (Fsp3) is 0.632. The van der Waals surface area contributed by atoms with Crippen LogP contribution in [0.15, 0.2) is 4.79 Å². The smallest absolute Gasteiger partial charge is 0.259 e. The molecule has 7 heteroatoms. The normalized spacial score (nSPS) is 23.2. The molecule has 26 heavy (non-hydrogen) atoms. The largest absolute Gasteiger partial charge is 0.343 e. The van der Waals surface area contributed by atoms with E-state index in [1.165, 1.54) is 0 Å². The number of aromatic amines is 1. The molecule has 2 atom stereocenters. The van der Waals surface area contributed by atoms with Gasteiger partial charge in [0.25, 0.3) is 5.56 Å². The number of aryl methyl sites for hydroxylation is 3. The number of nitrogens with one attached hydrogen (secondary N) is 2. The summed E-state index contributed by atoms with van der Waals surface area (Å²) < 4.78 is 0. The van der Waals surface area contributed by atoms with Crippen LogP contribution in [0.2, 0.25) is 0 Å². The van der Waals surface area contributed by atoms with Crippen LogP contribution in [0.25, 0.3) is 10.2 Å². The zero-order valence-corrected chi connectivity index (χ0v) is 16.2. The zero-order chi connectivity index (χ0) is 18.3. The lowest BCUT2D eigenvalue weighted by Gasteiger charge is -2.20. The molecule has 1 amide bonds. The number of carbonyl (C=O) groups excluding carboxylic acids is 1. The van der Waals surface area contributed by atoms with Crippen molar-refractivity contribution in [2.75, 3.05) is 26.2 Å². The molecule has 0 aromatic carbocycles. The molecule has 6 nitrogen and oxygen atoms in total. The van der Waals surface area contributed by atoms with Gasteiger partial charge in [-0.2, -0.15) is 0 Å². The number of nitrogens with zero attached hydrogens (tertiary/aromatic N) is 2. The third-order valence-corrected chi connectivity index (χ3v) is 7.14. The molecule has 2 aliphatic heterocycles. The van der Waals surface area contributed by atoms with Gasteiger partial charge in [-0.15, -0.1) is 11.3 Å². The van der Waals surface area contributed by atoms with E-state index in [-0.39, 0.29) is 11.5 Å². The van der Waals surface area contributed by atoms with Crippen LogP contribution in [-0.4, -0.2) is 47.0 Å². The van der Waals surface area contributed by atoms with E-state index in [9.17, 15) is 9.59 Å². The summed E-state index contributed by atoms with van der Waals surface area (Å²) in [7, 11) is 0. The summed E-state index contributed by atoms with van der Waals surface area (Å²) in [6.07, 6.45) is 3.09. The Labute approximate surface area is 157 Å². The maximum absolute atomic E-state index is 12.6. The van der Waals surface area contributed by atoms with E-state index in [0.29, 0.717) is 24.1 Å². The molecule has 0 radical (unpaired) electrons. The average Bonchev–Trinajstić information content (AvgIpc) is 3.11. The number of hydrogen-bond acceptors (Lipinski definition) is 5. The molecule has 2 N–H and O–H groups in total. The van der Waals surface area contributed by atoms with E-state index in [1.807, 2.05) is 18.7 Å². The first kappa shape index (κ1) is 17.7. The van der Waals surface area contributed by atoms with E-state index >= 15 is 0 Å². The Morgan fingerprint density at radius 2 is 1.92 bits per heavy atom. The van der Waals surface area contributed by atoms with Gasteiger partial charge in [0.1, 0.15) is 10.7 Å². The van der Waals surface area contributed by atoms with Crippen LogP contribution < -0.4 is 10.9 Å². The fourth-order valence-corrected chi connectivity index (χ4v) is 5.32. The SMILES string of the molecule is Cc1sc2nc(CCC(=O)N3CC[C@@H]4CNC[C@@H]4CC3)[nH]c(=O)c2c1C. The van der Waals surface area contributed by atoms with Crippen molar-refractivity contribution >= 4 is 27.5 Å². The molecule has 0 aliphatic carbocycles. The molecule has 2 aromatic heterocycles. The standard InChI is InChI=1S/C19H26N4O2S/c1-11-12(2)26-19-17(11)18(25)21-15(22-19)3-4-16(24)23-7-5-13-9-20-10-14(13)6-8-23/h13-14,20H,3-10H2,1-2H3,(H,21,22,25)/t13-,14+. The molecular formula is C19H26N4O2S. The maximum atomic E-state index is 12.6. The first-order valence-corrected chi connectivity index (χ1v) is 10.3. The molecule has 2 aromatic rings. The van der Waals surface area contributed by atoms with E-state index < -0.39 is 0 Å². The Bertz CT molecular complexity index is 874. The number of likely N-dealkylation sites (tertiary alicyclic amines) is 1. The van der Waals surface area contributed by atoms with Gasteiger partial charge in [0.2, 0.25) is 5.91 Å². The highest BCUT2D eigenvalue weighted by molar-refractivity contribution is 7.18. The average molecular weight is 375 g/mol. The maximum Gasteiger partial charge on any atom is 0.259 e. The van der Waals surface area contributed by atoms with Crippen molar-refractivity contribution < 1.29 is 4.79 Å². The van der Waals surface area contributed by atoms with Crippen molar-refractivity contribution in [3.63, 3.8) is 0 Å². The number of aromatic nitrogens is 2. The number of hydrogen-bond donors (Lipinski definition) is 2. The lowest BCUT2D eigenvalue weighted by atomic mass is 9.92. The van der Waals surface area contributed by atoms with Crippen LogP contribution in [0, 0.1) is 25.7 Å². The third-order valence-electron chi connectivity index (χ3n) is 6.04. The predicted octanol–water partition coefficient (Wildman–Crippen LogP) is 1.99. The molecule has 2 fully saturated rings. The van der Waals surface area contributed by atoms with Gasteiger partial charge < -0.3 is 15.2 Å². The Kier molecular flexibility index (Phi) is 4.84. The van der Waals surface area contributed by atoms with Gasteiger partial charge >= 0.3 is 0 Å². The summed E-state index contributed by atoms with van der Waals surface area (Å²) in [6, 6.07) is 0. The highest BCUT2D eigenvalue weighted by Crippen LogP contribution is 2.28. The molecule has 4 rings (SSSR count). The molecule has 2 saturated heterocycles. The molecule has 0 spiro atoms. The summed E-state index contributed by atoms with van der Waals surface area (Å²) >= 11 is 1.55. The van der Waals surface area contributed by atoms with Gasteiger partial charge in [0, 0.05) is 30.8 Å². The summed E-state index contributed by atoms with van der Waals surface area (Å²) in [5, 5.41) is 4.15. The first-order chi connectivity index (χ1) is 12.5. The van der Waals surface area contributed by atoms with E-state index in [4.69, 9.17) is 0 Å². The van der Waals surface area contributed by atoms with Gasteiger partial charge in [-0.25, -0.2) is 4.98 Å². The molecule has 0 bridgehead atoms. The van der Waals surface area contributed by atoms with Gasteiger partial charge in [0.15, 0.2) is 0 Å². The summed E-state index contributed by atoms with van der Waals surface area (Å²) in [5.74, 6) is 2.24. The highest BCUT2D eigenvalue weighted by Gasteiger charge is 2.31. The Morgan fingerprint density at radius 3 is 2.62 bits per heavy atom. The number of thiophene rings is 1. The minimum atomic E-state index is -0.0885. The second kappa shape index (κ2) is 7.12. The fourth-order valence-electron chi connectivity index (χ4n) is 4.27. The van der Waals surface area contributed by atoms with Crippen LogP contribution in [0.5, 0.6) is 0 Å². The Balaban J connectivity index is 1.41. The number of rotatable bonds is 3. The van der Waals surface area contributed by atoms with E-state index in [0.717, 1.165) is 66.1 Å². The van der Waals surface area contributed by atoms with Crippen LogP contribution in [0.3, 0.4) is 0 Å². The minimum absolute atomic E-state index is 0.0885. The minimum Gasteiger partial charge on any atom is -0.343 e. The van der Waals surface area contributed by atoms with Crippen molar-refractivity contribution in [3.05, 3.63) is 26.6 Å². The predicted molar refractivity (Wildman–Crippen MR) is 104 cm³/mol. The van der Waals surface area contributed by atoms with Gasteiger partial charge in [-0.05, 0) is 57.2 Å². The lowest BCUT2D eigenvalue weighted by Crippen LogP contribution is -2.33. The third kappa shape index (κ3) is 3.30. The summed E-state index contributed by atoms with van der Waals surface area (Å²) in [4.78, 5) is 36.4. The lowest BCUT2D eigenvalue weighted by molar-refractivity contribution is -0.131. The van der Waals surface area contributed by atoms with Crippen molar-refractivity contribution in [3.8, 4) is 0 Å². The van der Waals surface area contributed by atoms with Crippen molar-refractivity contribution in [2.45, 2.75) is 39.5 Å². The molecule has 140 valence electrons. The first-order valence-electron chi connectivity index (χ1n) is 9.50. The number of amides is 1. The molecule has 0 unspecified atom stereocenters. The molecule has 0 saturated carbocycles. The highest BCUT2D eigenvalue weighted by atomic mass is 32.1. The number of H-pyrrole nitrogens is 1. The zero-order valence-electron chi connectivity index (χ0n) is 15.4. The Morgan fingerprint density at radius 1 is 1.23 bits per heavy atom. The molecule has 4 heterocycles. The summed E-state index contributed by atoms with van der Waals surface area (Å²) in [6.45, 7) is 7.87. The van der Waals surface area contributed by atoms with Crippen molar-refractivity contribution in [1.82, 2.24) is 20.2 Å². The molecular weight excluding hydrogens is 348 g/mol.